The largest absolute Gasteiger partial charge is 0.378 e. The van der Waals surface area contributed by atoms with E-state index in [0.717, 1.165) is 16.8 Å². The van der Waals surface area contributed by atoms with Gasteiger partial charge < -0.3 is 4.90 Å². The van der Waals surface area contributed by atoms with Gasteiger partial charge in [-0.2, -0.15) is 5.10 Å². The van der Waals surface area contributed by atoms with Crippen molar-refractivity contribution in [1.29, 1.82) is 0 Å². The molecule has 118 valence electrons. The maximum absolute atomic E-state index is 11.7. The number of hydrazone groups is 1. The molecule has 0 bridgehead atoms. The van der Waals surface area contributed by atoms with Crippen molar-refractivity contribution in [1.82, 2.24) is 5.43 Å². The predicted molar refractivity (Wildman–Crippen MR) is 96.6 cm³/mol. The highest BCUT2D eigenvalue weighted by Gasteiger charge is 2.00. The molecule has 0 unspecified atom stereocenters. The number of anilines is 1. The summed E-state index contributed by atoms with van der Waals surface area (Å²) in [6.07, 6.45) is 5.64. The Bertz CT molecular complexity index is 674. The van der Waals surface area contributed by atoms with Gasteiger partial charge >= 0.3 is 0 Å². The highest BCUT2D eigenvalue weighted by Crippen LogP contribution is 2.12. The lowest BCUT2D eigenvalue weighted by Gasteiger charge is -2.11. The van der Waals surface area contributed by atoms with E-state index in [2.05, 4.69) is 27.6 Å². The van der Waals surface area contributed by atoms with Crippen LogP contribution >= 0.6 is 0 Å². The Morgan fingerprint density at radius 2 is 1.78 bits per heavy atom. The molecule has 0 aliphatic rings. The molecule has 23 heavy (non-hydrogen) atoms. The first-order valence-corrected chi connectivity index (χ1v) is 7.45. The quantitative estimate of drug-likeness (QED) is 0.658. The van der Waals surface area contributed by atoms with Crippen LogP contribution in [-0.2, 0) is 11.2 Å². The van der Waals surface area contributed by atoms with E-state index in [1.807, 2.05) is 62.6 Å². The molecule has 0 aliphatic carbocycles. The van der Waals surface area contributed by atoms with Crippen LogP contribution in [0, 0.1) is 0 Å². The first-order valence-electron chi connectivity index (χ1n) is 7.45. The molecule has 4 heteroatoms. The number of nitrogens with zero attached hydrogens (tertiary/aromatic N) is 2. The van der Waals surface area contributed by atoms with Crippen molar-refractivity contribution in [3.8, 4) is 0 Å². The van der Waals surface area contributed by atoms with Gasteiger partial charge in [-0.1, -0.05) is 48.5 Å². The maximum Gasteiger partial charge on any atom is 0.244 e. The van der Waals surface area contributed by atoms with Crippen LogP contribution < -0.4 is 10.3 Å². The van der Waals surface area contributed by atoms with Crippen molar-refractivity contribution < 1.29 is 4.79 Å². The summed E-state index contributed by atoms with van der Waals surface area (Å²) in [7, 11) is 4.02. The predicted octanol–water partition coefficient (Wildman–Crippen LogP) is 3.11. The second-order valence-electron chi connectivity index (χ2n) is 5.32. The zero-order valence-electron chi connectivity index (χ0n) is 13.4. The SMILES string of the molecule is CN(C)c1ccc(/C=C/C=N\NC(=O)Cc2ccccc2)cc1. The lowest BCUT2D eigenvalue weighted by atomic mass is 10.1. The smallest absolute Gasteiger partial charge is 0.244 e. The molecular formula is C19H21N3O. The highest BCUT2D eigenvalue weighted by atomic mass is 16.2. The fourth-order valence-electron chi connectivity index (χ4n) is 2.01. The minimum Gasteiger partial charge on any atom is -0.378 e. The lowest BCUT2D eigenvalue weighted by Crippen LogP contribution is -2.19. The van der Waals surface area contributed by atoms with Crippen LogP contribution in [0.4, 0.5) is 5.69 Å². The van der Waals surface area contributed by atoms with Gasteiger partial charge in [0.25, 0.3) is 0 Å². The van der Waals surface area contributed by atoms with Crippen molar-refractivity contribution in [2.24, 2.45) is 5.10 Å². The van der Waals surface area contributed by atoms with E-state index in [4.69, 9.17) is 0 Å². The zero-order valence-corrected chi connectivity index (χ0v) is 13.4. The maximum atomic E-state index is 11.7. The van der Waals surface area contributed by atoms with Crippen LogP contribution in [0.25, 0.3) is 6.08 Å². The molecule has 1 N–H and O–H groups in total. The molecule has 2 rings (SSSR count). The third-order valence-electron chi connectivity index (χ3n) is 3.26. The topological polar surface area (TPSA) is 44.7 Å². The molecule has 4 nitrogen and oxygen atoms in total. The van der Waals surface area contributed by atoms with Gasteiger partial charge in [0.1, 0.15) is 0 Å². The van der Waals surface area contributed by atoms with Crippen LogP contribution in [0.1, 0.15) is 11.1 Å². The van der Waals surface area contributed by atoms with Gasteiger partial charge in [0.05, 0.1) is 6.42 Å². The molecule has 0 fully saturated rings. The van der Waals surface area contributed by atoms with E-state index in [1.54, 1.807) is 12.3 Å². The Hall–Kier alpha value is -2.88. The summed E-state index contributed by atoms with van der Waals surface area (Å²) >= 11 is 0. The highest BCUT2D eigenvalue weighted by molar-refractivity contribution is 5.82. The minimum atomic E-state index is -0.129. The molecule has 0 saturated heterocycles. The Kier molecular flexibility index (Phi) is 6.12. The standard InChI is InChI=1S/C19H21N3O/c1-22(2)18-12-10-16(11-13-18)9-6-14-20-21-19(23)15-17-7-4-3-5-8-17/h3-14H,15H2,1-2H3,(H,21,23)/b9-6+,20-14-. The van der Waals surface area contributed by atoms with Crippen LogP contribution in [0.2, 0.25) is 0 Å². The van der Waals surface area contributed by atoms with Crippen LogP contribution in [0.15, 0.2) is 65.8 Å². The van der Waals surface area contributed by atoms with Crippen LogP contribution in [-0.4, -0.2) is 26.2 Å². The van der Waals surface area contributed by atoms with E-state index in [-0.39, 0.29) is 5.91 Å². The molecule has 2 aromatic carbocycles. The monoisotopic (exact) mass is 307 g/mol. The number of nitrogens with one attached hydrogen (secondary N) is 1. The first kappa shape index (κ1) is 16.5. The summed E-state index contributed by atoms with van der Waals surface area (Å²) in [5.74, 6) is -0.129. The van der Waals surface area contributed by atoms with Gasteiger partial charge in [0.15, 0.2) is 0 Å². The molecule has 0 saturated carbocycles. The third kappa shape index (κ3) is 5.79. The van der Waals surface area contributed by atoms with Crippen molar-refractivity contribution in [2.45, 2.75) is 6.42 Å². The van der Waals surface area contributed by atoms with Crippen molar-refractivity contribution in [3.63, 3.8) is 0 Å². The number of benzene rings is 2. The van der Waals surface area contributed by atoms with Gasteiger partial charge in [-0.25, -0.2) is 5.43 Å². The van der Waals surface area contributed by atoms with Gasteiger partial charge in [-0.05, 0) is 29.3 Å². The summed E-state index contributed by atoms with van der Waals surface area (Å²) in [6, 6.07) is 17.8. The Morgan fingerprint density at radius 3 is 2.43 bits per heavy atom. The minimum absolute atomic E-state index is 0.129. The van der Waals surface area contributed by atoms with Crippen LogP contribution in [0.5, 0.6) is 0 Å². The number of allylic oxidation sites excluding steroid dienone is 1. The van der Waals surface area contributed by atoms with Gasteiger partial charge in [-0.3, -0.25) is 4.79 Å². The summed E-state index contributed by atoms with van der Waals surface area (Å²) in [4.78, 5) is 13.7. The number of amides is 1. The van der Waals surface area contributed by atoms with E-state index >= 15 is 0 Å². The molecule has 1 amide bonds. The molecular weight excluding hydrogens is 286 g/mol. The Morgan fingerprint density at radius 1 is 1.09 bits per heavy atom. The number of hydrogen-bond acceptors (Lipinski definition) is 3. The van der Waals surface area contributed by atoms with Crippen LogP contribution in [0.3, 0.4) is 0 Å². The van der Waals surface area contributed by atoms with E-state index in [1.165, 1.54) is 0 Å². The molecule has 0 aromatic heterocycles. The Labute approximate surface area is 137 Å². The average Bonchev–Trinajstić information content (AvgIpc) is 2.56. The van der Waals surface area contributed by atoms with E-state index in [9.17, 15) is 4.79 Å². The van der Waals surface area contributed by atoms with E-state index < -0.39 is 0 Å². The number of hydrogen-bond donors (Lipinski definition) is 1. The van der Waals surface area contributed by atoms with Crippen molar-refractivity contribution >= 4 is 23.9 Å². The number of rotatable bonds is 6. The second-order valence-corrected chi connectivity index (χ2v) is 5.32. The number of carbonyl (C=O) groups excluding carboxylic acids is 1. The lowest BCUT2D eigenvalue weighted by molar-refractivity contribution is -0.120. The van der Waals surface area contributed by atoms with Gasteiger partial charge in [0.2, 0.25) is 5.91 Å². The Balaban J connectivity index is 1.78. The molecule has 2 aromatic rings. The van der Waals surface area contributed by atoms with Gasteiger partial charge in [-0.15, -0.1) is 0 Å². The number of carbonyl (C=O) groups is 1. The second kappa shape index (κ2) is 8.54. The van der Waals surface area contributed by atoms with Crippen molar-refractivity contribution in [2.75, 3.05) is 19.0 Å². The fourth-order valence-corrected chi connectivity index (χ4v) is 2.01. The summed E-state index contributed by atoms with van der Waals surface area (Å²) in [6.45, 7) is 0. The first-order chi connectivity index (χ1) is 11.1. The molecule has 0 atom stereocenters. The molecule has 0 spiro atoms. The van der Waals surface area contributed by atoms with Gasteiger partial charge in [0, 0.05) is 26.0 Å². The molecule has 0 radical (unpaired) electrons. The summed E-state index contributed by atoms with van der Waals surface area (Å²) < 4.78 is 0. The third-order valence-corrected chi connectivity index (χ3v) is 3.26. The molecule has 0 heterocycles. The molecule has 0 aliphatic heterocycles. The average molecular weight is 307 g/mol. The summed E-state index contributed by atoms with van der Waals surface area (Å²) in [5, 5.41) is 3.91. The fraction of sp³-hybridized carbons (Fsp3) is 0.158. The van der Waals surface area contributed by atoms with E-state index in [0.29, 0.717) is 6.42 Å². The normalized spacial score (nSPS) is 11.0. The zero-order chi connectivity index (χ0) is 16.5. The summed E-state index contributed by atoms with van der Waals surface area (Å²) in [5.41, 5.74) is 5.72. The van der Waals surface area contributed by atoms with Crippen molar-refractivity contribution in [3.05, 3.63) is 71.8 Å².